The largest absolute Gasteiger partial charge is 0.361 e. The summed E-state index contributed by atoms with van der Waals surface area (Å²) >= 11 is 0. The van der Waals surface area contributed by atoms with Gasteiger partial charge in [-0.15, -0.1) is 0 Å². The van der Waals surface area contributed by atoms with E-state index < -0.39 is 10.0 Å². The van der Waals surface area contributed by atoms with E-state index >= 15 is 0 Å². The number of benzene rings is 1. The van der Waals surface area contributed by atoms with E-state index in [0.29, 0.717) is 35.4 Å². The molecule has 38 heavy (non-hydrogen) atoms. The molecular weight excluding hydrogens is 504 g/mol. The molecule has 0 radical (unpaired) electrons. The highest BCUT2D eigenvalue weighted by molar-refractivity contribution is 7.89. The minimum absolute atomic E-state index is 0.0322. The topological polar surface area (TPSA) is 159 Å². The minimum atomic E-state index is -3.77. The summed E-state index contributed by atoms with van der Waals surface area (Å²) in [5.41, 5.74) is 4.16. The van der Waals surface area contributed by atoms with Crippen molar-refractivity contribution < 1.29 is 8.42 Å². The van der Waals surface area contributed by atoms with Gasteiger partial charge < -0.3 is 5.32 Å². The molecule has 1 aromatic carbocycles. The van der Waals surface area contributed by atoms with Crippen LogP contribution < -0.4 is 16.0 Å². The summed E-state index contributed by atoms with van der Waals surface area (Å²) in [6.45, 7) is 2.77. The number of anilines is 1. The van der Waals surface area contributed by atoms with E-state index in [1.807, 2.05) is 6.92 Å². The lowest BCUT2D eigenvalue weighted by atomic mass is 9.85. The van der Waals surface area contributed by atoms with Gasteiger partial charge >= 0.3 is 0 Å². The molecule has 2 fully saturated rings. The second-order valence-corrected chi connectivity index (χ2v) is 11.7. The fourth-order valence-corrected chi connectivity index (χ4v) is 5.31. The van der Waals surface area contributed by atoms with Gasteiger partial charge in [-0.05, 0) is 56.2 Å². The van der Waals surface area contributed by atoms with Crippen LogP contribution in [-0.4, -0.2) is 37.9 Å². The maximum absolute atomic E-state index is 13.6. The molecule has 0 amide bonds. The van der Waals surface area contributed by atoms with E-state index in [1.165, 1.54) is 12.1 Å². The van der Waals surface area contributed by atoms with Crippen molar-refractivity contribution in [3.63, 3.8) is 0 Å². The zero-order valence-electron chi connectivity index (χ0n) is 21.0. The van der Waals surface area contributed by atoms with Gasteiger partial charge in [0.05, 0.1) is 28.0 Å². The first kappa shape index (κ1) is 24.6. The number of hydrogen-bond acceptors (Lipinski definition) is 9. The smallest absolute Gasteiger partial charge is 0.294 e. The van der Waals surface area contributed by atoms with Gasteiger partial charge in [0, 0.05) is 19.0 Å². The van der Waals surface area contributed by atoms with Crippen molar-refractivity contribution in [3.05, 3.63) is 64.1 Å². The first-order valence-corrected chi connectivity index (χ1v) is 14.3. The number of aryl methyl sites for hydroxylation is 1. The van der Waals surface area contributed by atoms with Gasteiger partial charge in [-0.3, -0.25) is 9.36 Å². The maximum atomic E-state index is 13.6. The fourth-order valence-electron chi connectivity index (χ4n) is 4.79. The van der Waals surface area contributed by atoms with Crippen molar-refractivity contribution in [3.8, 4) is 11.4 Å². The van der Waals surface area contributed by atoms with Gasteiger partial charge in [0.25, 0.3) is 5.56 Å². The first-order chi connectivity index (χ1) is 18.3. The Hall–Kier alpha value is -3.77. The average molecular weight is 533 g/mol. The number of aromatic nitrogens is 6. The number of rotatable bonds is 8. The molecule has 6 rings (SSSR count). The Morgan fingerprint density at radius 3 is 2.47 bits per heavy atom. The van der Waals surface area contributed by atoms with Crippen LogP contribution in [0.5, 0.6) is 0 Å². The number of sulfonamides is 1. The summed E-state index contributed by atoms with van der Waals surface area (Å²) in [4.78, 5) is 36.6. The summed E-state index contributed by atoms with van der Waals surface area (Å²) in [6, 6.07) is 6.18. The van der Waals surface area contributed by atoms with Crippen molar-refractivity contribution >= 4 is 27.0 Å². The quantitative estimate of drug-likeness (QED) is 0.348. The van der Waals surface area contributed by atoms with Crippen LogP contribution in [0.2, 0.25) is 0 Å². The summed E-state index contributed by atoms with van der Waals surface area (Å²) < 4.78 is 24.8. The van der Waals surface area contributed by atoms with Gasteiger partial charge in [0.15, 0.2) is 17.3 Å². The Labute approximate surface area is 219 Å². The van der Waals surface area contributed by atoms with Crippen LogP contribution in [0.4, 0.5) is 5.82 Å². The lowest BCUT2D eigenvalue weighted by molar-refractivity contribution is 0.276. The number of nitrogens with two attached hydrogens (primary N) is 1. The van der Waals surface area contributed by atoms with Crippen LogP contribution in [0, 0.1) is 12.8 Å². The lowest BCUT2D eigenvalue weighted by Gasteiger charge is -2.26. The maximum Gasteiger partial charge on any atom is 0.294 e. The van der Waals surface area contributed by atoms with E-state index in [1.54, 1.807) is 29.2 Å². The summed E-state index contributed by atoms with van der Waals surface area (Å²) in [7, 11) is -3.77. The van der Waals surface area contributed by atoms with Crippen LogP contribution in [0.25, 0.3) is 22.6 Å². The second kappa shape index (κ2) is 9.52. The van der Waals surface area contributed by atoms with E-state index in [0.717, 1.165) is 54.6 Å². The van der Waals surface area contributed by atoms with Gasteiger partial charge in [-0.1, -0.05) is 18.6 Å². The van der Waals surface area contributed by atoms with E-state index in [9.17, 15) is 13.2 Å². The lowest BCUT2D eigenvalue weighted by Crippen LogP contribution is -2.30. The van der Waals surface area contributed by atoms with Gasteiger partial charge in [0.1, 0.15) is 11.8 Å². The summed E-state index contributed by atoms with van der Waals surface area (Å²) in [5.74, 6) is 1.52. The number of hydrogen-bond donors (Lipinski definition) is 2. The van der Waals surface area contributed by atoms with Gasteiger partial charge in [-0.2, -0.15) is 0 Å². The Morgan fingerprint density at radius 1 is 1.05 bits per heavy atom. The number of nitrogens with one attached hydrogen (secondary N) is 1. The third-order valence-electron chi connectivity index (χ3n) is 7.32. The molecule has 12 heteroatoms. The normalized spacial score (nSPS) is 15.9. The molecule has 196 valence electrons. The molecule has 4 aromatic rings. The van der Waals surface area contributed by atoms with Crippen molar-refractivity contribution in [2.24, 2.45) is 11.1 Å². The van der Waals surface area contributed by atoms with Crippen LogP contribution in [0.15, 0.2) is 46.5 Å². The average Bonchev–Trinajstić information content (AvgIpc) is 3.71. The molecule has 3 N–H and O–H groups in total. The number of primary sulfonamides is 1. The molecule has 0 atom stereocenters. The molecule has 2 aliphatic carbocycles. The molecule has 2 aliphatic rings. The third kappa shape index (κ3) is 4.76. The Balaban J connectivity index is 1.38. The van der Waals surface area contributed by atoms with Crippen molar-refractivity contribution in [2.75, 3.05) is 5.32 Å². The zero-order chi connectivity index (χ0) is 26.4. The van der Waals surface area contributed by atoms with Gasteiger partial charge in [-0.25, -0.2) is 38.5 Å². The highest BCUT2D eigenvalue weighted by Gasteiger charge is 2.30. The van der Waals surface area contributed by atoms with Crippen molar-refractivity contribution in [1.82, 2.24) is 29.5 Å². The molecule has 0 spiro atoms. The molecule has 0 aliphatic heterocycles. The molecule has 3 aromatic heterocycles. The summed E-state index contributed by atoms with van der Waals surface area (Å²) in [6.07, 6.45) is 8.73. The van der Waals surface area contributed by atoms with E-state index in [-0.39, 0.29) is 22.8 Å². The minimum Gasteiger partial charge on any atom is -0.361 e. The standard InChI is InChI=1S/C26H28N8O3S/c1-15-21(22(18-7-8-18)31-14-30-15)23-29-12-20-25(33-23)34(13-17-3-2-4-17)26(35)24(32-20)28-11-16-5-9-19(10-6-16)38(27,36)37/h5-6,9-10,12,14,17-18H,2-4,7-8,11,13H2,1H3,(H,28,32)(H2,27,36,37). The molecule has 11 nitrogen and oxygen atoms in total. The van der Waals surface area contributed by atoms with E-state index in [2.05, 4.69) is 25.3 Å². The Morgan fingerprint density at radius 2 is 1.82 bits per heavy atom. The van der Waals surface area contributed by atoms with Crippen LogP contribution in [0.1, 0.15) is 55.0 Å². The zero-order valence-corrected chi connectivity index (χ0v) is 21.8. The Kier molecular flexibility index (Phi) is 6.15. The molecule has 0 saturated heterocycles. The predicted molar refractivity (Wildman–Crippen MR) is 142 cm³/mol. The molecule has 0 unspecified atom stereocenters. The highest BCUT2D eigenvalue weighted by atomic mass is 32.2. The van der Waals surface area contributed by atoms with Gasteiger partial charge in [0.2, 0.25) is 10.0 Å². The molecular formula is C26H28N8O3S. The number of fused-ring (bicyclic) bond motifs is 1. The first-order valence-electron chi connectivity index (χ1n) is 12.7. The van der Waals surface area contributed by atoms with Crippen LogP contribution >= 0.6 is 0 Å². The predicted octanol–water partition coefficient (Wildman–Crippen LogP) is 2.89. The number of nitrogens with zero attached hydrogens (tertiary/aromatic N) is 6. The molecule has 0 bridgehead atoms. The third-order valence-corrected chi connectivity index (χ3v) is 8.25. The molecule has 2 saturated carbocycles. The second-order valence-electron chi connectivity index (χ2n) is 10.1. The summed E-state index contributed by atoms with van der Waals surface area (Å²) in [5, 5.41) is 8.30. The van der Waals surface area contributed by atoms with E-state index in [4.69, 9.17) is 10.1 Å². The fraction of sp³-hybridized carbons (Fsp3) is 0.385. The van der Waals surface area contributed by atoms with Crippen molar-refractivity contribution in [1.29, 1.82) is 0 Å². The molecule has 3 heterocycles. The Bertz CT molecular complexity index is 1690. The highest BCUT2D eigenvalue weighted by Crippen LogP contribution is 2.43. The van der Waals surface area contributed by atoms with Crippen LogP contribution in [-0.2, 0) is 23.1 Å². The van der Waals surface area contributed by atoms with Crippen molar-refractivity contribution in [2.45, 2.75) is 62.9 Å². The monoisotopic (exact) mass is 532 g/mol. The SMILES string of the molecule is Cc1ncnc(C2CC2)c1-c1ncc2nc(NCc3ccc(S(N)(=O)=O)cc3)c(=O)n(CC3CCC3)c2n1. The van der Waals surface area contributed by atoms with Crippen LogP contribution in [0.3, 0.4) is 0 Å².